The minimum absolute atomic E-state index is 0.222. The van der Waals surface area contributed by atoms with Gasteiger partial charge in [-0.15, -0.1) is 0 Å². The van der Waals surface area contributed by atoms with Crippen molar-refractivity contribution in [3.05, 3.63) is 36.2 Å². The van der Waals surface area contributed by atoms with Crippen molar-refractivity contribution >= 4 is 17.1 Å². The van der Waals surface area contributed by atoms with E-state index in [2.05, 4.69) is 37.3 Å². The Labute approximate surface area is 202 Å². The molecule has 0 aromatic carbocycles. The van der Waals surface area contributed by atoms with E-state index in [1.54, 1.807) is 12.5 Å². The van der Waals surface area contributed by atoms with Gasteiger partial charge in [0.2, 0.25) is 0 Å². The summed E-state index contributed by atoms with van der Waals surface area (Å²) in [5, 5.41) is 21.7. The molecule has 0 atom stereocenters. The number of aromatic amines is 1. The van der Waals surface area contributed by atoms with Crippen LogP contribution in [0.15, 0.2) is 24.7 Å². The number of H-pyrrole nitrogens is 1. The second-order valence-electron chi connectivity index (χ2n) is 12.2. The summed E-state index contributed by atoms with van der Waals surface area (Å²) < 4.78 is 1.93. The topological polar surface area (TPSA) is 116 Å². The Bertz CT molecular complexity index is 1310. The maximum absolute atomic E-state index is 13.0. The molecule has 2 saturated heterocycles. The van der Waals surface area contributed by atoms with Gasteiger partial charge in [0.1, 0.15) is 17.4 Å². The van der Waals surface area contributed by atoms with Crippen LogP contribution >= 0.6 is 0 Å². The first-order valence-corrected chi connectivity index (χ1v) is 12.9. The Morgan fingerprint density at radius 3 is 2.49 bits per heavy atom. The number of fused-ring (bicyclic) bond motifs is 1. The highest BCUT2D eigenvalue weighted by molar-refractivity contribution is 5.77. The van der Waals surface area contributed by atoms with E-state index in [1.807, 2.05) is 9.58 Å². The average Bonchev–Trinajstić information content (AvgIpc) is 3.13. The molecule has 5 aliphatic rings. The average molecular weight is 475 g/mol. The van der Waals surface area contributed by atoms with E-state index in [4.69, 9.17) is 4.98 Å². The lowest BCUT2D eigenvalue weighted by Gasteiger charge is -2.63. The fourth-order valence-electron chi connectivity index (χ4n) is 7.24. The normalized spacial score (nSPS) is 25.9. The summed E-state index contributed by atoms with van der Waals surface area (Å²) in [6.45, 7) is 3.55. The summed E-state index contributed by atoms with van der Waals surface area (Å²) in [6, 6.07) is 4.73. The Morgan fingerprint density at radius 2 is 1.77 bits per heavy atom. The molecular formula is C25H30N8O2. The summed E-state index contributed by atoms with van der Waals surface area (Å²) in [5.74, 6) is 1.24. The van der Waals surface area contributed by atoms with Gasteiger partial charge < -0.3 is 14.9 Å². The van der Waals surface area contributed by atoms with Gasteiger partial charge in [0.25, 0.3) is 0 Å². The predicted molar refractivity (Wildman–Crippen MR) is 125 cm³/mol. The molecule has 35 heavy (non-hydrogen) atoms. The number of carbonyl (C=O) groups excluding carboxylic acids is 1. The fraction of sp³-hybridized carbons (Fsp3) is 0.640. The summed E-state index contributed by atoms with van der Waals surface area (Å²) in [4.78, 5) is 26.1. The molecular weight excluding hydrogens is 444 g/mol. The van der Waals surface area contributed by atoms with Gasteiger partial charge in [0.15, 0.2) is 5.82 Å². The van der Waals surface area contributed by atoms with Crippen molar-refractivity contribution in [2.45, 2.75) is 56.6 Å². The van der Waals surface area contributed by atoms with Crippen LogP contribution in [0.5, 0.6) is 0 Å². The molecule has 0 bridgehead atoms. The maximum Gasteiger partial charge on any atom is 0.320 e. The van der Waals surface area contributed by atoms with Crippen LogP contribution in [0.25, 0.3) is 11.0 Å². The summed E-state index contributed by atoms with van der Waals surface area (Å²) >= 11 is 0. The predicted octanol–water partition coefficient (Wildman–Crippen LogP) is 2.24. The number of rotatable bonds is 4. The third kappa shape index (κ3) is 3.08. The number of hydrogen-bond acceptors (Lipinski definition) is 6. The van der Waals surface area contributed by atoms with Crippen molar-refractivity contribution < 1.29 is 9.90 Å². The zero-order valence-corrected chi connectivity index (χ0v) is 19.7. The number of likely N-dealkylation sites (tertiary alicyclic amines) is 2. The van der Waals surface area contributed by atoms with Crippen molar-refractivity contribution in [2.24, 2.45) is 16.7 Å². The van der Waals surface area contributed by atoms with Gasteiger partial charge in [-0.25, -0.2) is 19.4 Å². The van der Waals surface area contributed by atoms with E-state index in [9.17, 15) is 9.90 Å². The highest BCUT2D eigenvalue weighted by Crippen LogP contribution is 2.56. The molecule has 10 heteroatoms. The smallest absolute Gasteiger partial charge is 0.320 e. The molecule has 2 amide bonds. The molecule has 5 fully saturated rings. The molecule has 2 aliphatic heterocycles. The van der Waals surface area contributed by atoms with E-state index < -0.39 is 5.60 Å². The number of aromatic nitrogens is 6. The first kappa shape index (κ1) is 20.2. The van der Waals surface area contributed by atoms with E-state index >= 15 is 0 Å². The molecule has 3 saturated carbocycles. The first-order chi connectivity index (χ1) is 16.9. The lowest BCUT2D eigenvalue weighted by atomic mass is 9.56. The van der Waals surface area contributed by atoms with Crippen LogP contribution in [-0.4, -0.2) is 77.1 Å². The number of aliphatic hydroxyl groups is 1. The second kappa shape index (κ2) is 6.60. The Hall–Kier alpha value is -3.01. The third-order valence-corrected chi connectivity index (χ3v) is 9.30. The molecule has 3 aromatic rings. The van der Waals surface area contributed by atoms with E-state index in [-0.39, 0.29) is 11.4 Å². The van der Waals surface area contributed by atoms with Gasteiger partial charge in [-0.3, -0.25) is 5.10 Å². The number of nitrogens with zero attached hydrogens (tertiary/aromatic N) is 7. The number of hydrogen-bond donors (Lipinski definition) is 2. The second-order valence-corrected chi connectivity index (χ2v) is 12.2. The largest absolute Gasteiger partial charge is 0.382 e. The lowest BCUT2D eigenvalue weighted by molar-refractivity contribution is -0.107. The van der Waals surface area contributed by atoms with Gasteiger partial charge in [0, 0.05) is 42.7 Å². The van der Waals surface area contributed by atoms with Crippen molar-refractivity contribution in [3.63, 3.8) is 0 Å². The highest BCUT2D eigenvalue weighted by atomic mass is 16.3. The molecule has 182 valence electrons. The van der Waals surface area contributed by atoms with Crippen LogP contribution in [0.4, 0.5) is 4.79 Å². The van der Waals surface area contributed by atoms with E-state index in [0.29, 0.717) is 23.2 Å². The molecule has 3 aromatic heterocycles. The van der Waals surface area contributed by atoms with Crippen LogP contribution in [0, 0.1) is 16.7 Å². The molecule has 2 N–H and O–H groups in total. The first-order valence-electron chi connectivity index (χ1n) is 12.9. The zero-order valence-electron chi connectivity index (χ0n) is 19.7. The number of pyridine rings is 1. The number of nitrogens with one attached hydrogen (secondary N) is 1. The Balaban J connectivity index is 0.796. The van der Waals surface area contributed by atoms with Crippen LogP contribution in [0.3, 0.4) is 0 Å². The van der Waals surface area contributed by atoms with Crippen LogP contribution in [-0.2, 0) is 12.0 Å². The Morgan fingerprint density at radius 1 is 1.06 bits per heavy atom. The molecule has 2 spiro atoms. The van der Waals surface area contributed by atoms with E-state index in [1.165, 1.54) is 12.8 Å². The van der Waals surface area contributed by atoms with E-state index in [0.717, 1.165) is 75.0 Å². The van der Waals surface area contributed by atoms with Crippen LogP contribution in [0.2, 0.25) is 0 Å². The monoisotopic (exact) mass is 474 g/mol. The summed E-state index contributed by atoms with van der Waals surface area (Å²) in [6.07, 6.45) is 10.6. The lowest BCUT2D eigenvalue weighted by Crippen LogP contribution is -2.71. The summed E-state index contributed by atoms with van der Waals surface area (Å²) in [5.41, 5.74) is 2.90. The van der Waals surface area contributed by atoms with Gasteiger partial charge >= 0.3 is 6.03 Å². The third-order valence-electron chi connectivity index (χ3n) is 9.30. The van der Waals surface area contributed by atoms with Crippen LogP contribution in [0.1, 0.15) is 56.1 Å². The number of amides is 2. The molecule has 5 heterocycles. The highest BCUT2D eigenvalue weighted by Gasteiger charge is 2.58. The minimum atomic E-state index is -0.771. The van der Waals surface area contributed by atoms with Gasteiger partial charge in [0.05, 0.1) is 17.8 Å². The number of carbonyl (C=O) groups is 1. The number of urea groups is 1. The molecule has 3 aliphatic carbocycles. The Kier molecular flexibility index (Phi) is 3.81. The van der Waals surface area contributed by atoms with Gasteiger partial charge in [-0.05, 0) is 63.0 Å². The van der Waals surface area contributed by atoms with Gasteiger partial charge in [-0.1, -0.05) is 0 Å². The van der Waals surface area contributed by atoms with Crippen molar-refractivity contribution in [2.75, 3.05) is 26.2 Å². The quantitative estimate of drug-likeness (QED) is 0.599. The standard InChI is InChI=1S/C25H30N8O2/c34-22(32-13-24(14-32)8-18(9-24)33-15-26-21(30-33)25(35)3-4-25)31-11-23(12-31)6-16(7-23)5-17-1-2-19-20(28-17)10-27-29-19/h1-2,10,15-16,18,35H,3-9,11-14H2,(H,27,29). The molecule has 10 nitrogen and oxygen atoms in total. The SMILES string of the molecule is O=C(N1CC2(CC(Cc3ccc4[nH]ncc4n3)C2)C1)N1CC2(CC(n3cnc(C4(O)CC4)n3)C2)C1. The van der Waals surface area contributed by atoms with Crippen molar-refractivity contribution in [3.8, 4) is 0 Å². The minimum Gasteiger partial charge on any atom is -0.382 e. The van der Waals surface area contributed by atoms with Crippen LogP contribution < -0.4 is 0 Å². The summed E-state index contributed by atoms with van der Waals surface area (Å²) in [7, 11) is 0. The molecule has 0 radical (unpaired) electrons. The molecule has 8 rings (SSSR count). The van der Waals surface area contributed by atoms with Gasteiger partial charge in [-0.2, -0.15) is 10.2 Å². The molecule has 0 unspecified atom stereocenters. The van der Waals surface area contributed by atoms with Crippen molar-refractivity contribution in [1.82, 2.24) is 39.7 Å². The fourth-order valence-corrected chi connectivity index (χ4v) is 7.24. The van der Waals surface area contributed by atoms with Crippen molar-refractivity contribution in [1.29, 1.82) is 0 Å². The maximum atomic E-state index is 13.0. The zero-order chi connectivity index (χ0) is 23.4.